The third kappa shape index (κ3) is 5.68. The molecule has 1 heterocycles. The van der Waals surface area contributed by atoms with Crippen LogP contribution < -0.4 is 0 Å². The molecule has 0 bridgehead atoms. The van der Waals surface area contributed by atoms with Crippen molar-refractivity contribution >= 4 is 51.0 Å². The zero-order chi connectivity index (χ0) is 18.9. The zero-order valence-electron chi connectivity index (χ0n) is 14.7. The first-order valence-corrected chi connectivity index (χ1v) is 10.3. The summed E-state index contributed by atoms with van der Waals surface area (Å²) in [5.74, 6) is -1.35. The van der Waals surface area contributed by atoms with Crippen LogP contribution in [0.15, 0.2) is 20.1 Å². The van der Waals surface area contributed by atoms with Gasteiger partial charge in [0, 0.05) is 11.6 Å². The smallest absolute Gasteiger partial charge is 0.336 e. The van der Waals surface area contributed by atoms with Crippen LogP contribution in [0.25, 0.3) is 0 Å². The Morgan fingerprint density at radius 3 is 2.28 bits per heavy atom. The van der Waals surface area contributed by atoms with Gasteiger partial charge < -0.3 is 18.9 Å². The fourth-order valence-corrected chi connectivity index (χ4v) is 5.05. The van der Waals surface area contributed by atoms with Gasteiger partial charge in [0.15, 0.2) is 0 Å². The van der Waals surface area contributed by atoms with E-state index < -0.39 is 22.8 Å². The Kier molecular flexibility index (Phi) is 10.0. The predicted molar refractivity (Wildman–Crippen MR) is 101 cm³/mol. The van der Waals surface area contributed by atoms with E-state index in [1.807, 2.05) is 11.4 Å². The highest BCUT2D eigenvalue weighted by molar-refractivity contribution is 9.10. The van der Waals surface area contributed by atoms with Crippen LogP contribution in [-0.2, 0) is 28.5 Å². The maximum Gasteiger partial charge on any atom is 0.336 e. The lowest BCUT2D eigenvalue weighted by molar-refractivity contribution is -0.164. The number of esters is 2. The molecule has 1 rings (SSSR count). The average molecular weight is 455 g/mol. The average Bonchev–Trinajstić information content (AvgIpc) is 2.97. The minimum absolute atomic E-state index is 0.150. The van der Waals surface area contributed by atoms with Crippen LogP contribution in [0.3, 0.4) is 0 Å². The van der Waals surface area contributed by atoms with Crippen LogP contribution in [0, 0.1) is 0 Å². The fourth-order valence-electron chi connectivity index (χ4n) is 1.98. The summed E-state index contributed by atoms with van der Waals surface area (Å²) in [4.78, 5) is 25.7. The van der Waals surface area contributed by atoms with Gasteiger partial charge in [-0.3, -0.25) is 0 Å². The van der Waals surface area contributed by atoms with Gasteiger partial charge in [0.2, 0.25) is 4.75 Å². The molecule has 0 aliphatic rings. The number of carbonyl (C=O) groups is 2. The summed E-state index contributed by atoms with van der Waals surface area (Å²) in [5, 5.41) is 1.87. The molecular formula is C16H23BrO6S2. The molecule has 0 saturated carbocycles. The van der Waals surface area contributed by atoms with E-state index in [1.165, 1.54) is 11.3 Å². The lowest BCUT2D eigenvalue weighted by Crippen LogP contribution is -2.55. The minimum Gasteiger partial charge on any atom is -0.464 e. The number of thiophene rings is 1. The van der Waals surface area contributed by atoms with Gasteiger partial charge in [-0.25, -0.2) is 9.59 Å². The van der Waals surface area contributed by atoms with Crippen molar-refractivity contribution in [2.75, 3.05) is 33.5 Å². The van der Waals surface area contributed by atoms with Crippen molar-refractivity contribution in [2.24, 2.45) is 0 Å². The number of carbonyl (C=O) groups excluding carboxylic acids is 2. The van der Waals surface area contributed by atoms with Crippen molar-refractivity contribution in [3.63, 3.8) is 0 Å². The lowest BCUT2D eigenvalue weighted by Gasteiger charge is -2.33. The highest BCUT2D eigenvalue weighted by Gasteiger charge is 2.56. The summed E-state index contributed by atoms with van der Waals surface area (Å²) in [5.41, 5.74) is 0. The number of methoxy groups -OCH3 is 1. The van der Waals surface area contributed by atoms with Crippen LogP contribution in [0.1, 0.15) is 20.8 Å². The molecular weight excluding hydrogens is 432 g/mol. The van der Waals surface area contributed by atoms with Gasteiger partial charge in [-0.05, 0) is 48.1 Å². The molecule has 6 nitrogen and oxygen atoms in total. The quantitative estimate of drug-likeness (QED) is 0.219. The summed E-state index contributed by atoms with van der Waals surface area (Å²) in [7, 11) is 1.55. The molecule has 0 saturated heterocycles. The van der Waals surface area contributed by atoms with Crippen LogP contribution in [0.2, 0.25) is 0 Å². The van der Waals surface area contributed by atoms with Crippen LogP contribution in [-0.4, -0.2) is 56.3 Å². The van der Waals surface area contributed by atoms with Crippen LogP contribution >= 0.6 is 39.0 Å². The van der Waals surface area contributed by atoms with Gasteiger partial charge in [-0.1, -0.05) is 11.8 Å². The van der Waals surface area contributed by atoms with Gasteiger partial charge in [0.25, 0.3) is 0 Å². The highest BCUT2D eigenvalue weighted by atomic mass is 79.9. The van der Waals surface area contributed by atoms with E-state index in [1.54, 1.807) is 27.9 Å². The normalized spacial score (nSPS) is 12.7. The molecule has 1 aromatic heterocycles. The number of halogens is 1. The third-order valence-corrected chi connectivity index (χ3v) is 7.05. The monoisotopic (exact) mass is 454 g/mol. The molecule has 0 aliphatic carbocycles. The maximum absolute atomic E-state index is 12.8. The first-order chi connectivity index (χ1) is 11.9. The minimum atomic E-state index is -1.66. The molecule has 25 heavy (non-hydrogen) atoms. The van der Waals surface area contributed by atoms with E-state index in [9.17, 15) is 9.59 Å². The molecule has 0 fully saturated rings. The Labute approximate surface area is 164 Å². The van der Waals surface area contributed by atoms with E-state index in [-0.39, 0.29) is 19.8 Å². The van der Waals surface area contributed by atoms with Crippen molar-refractivity contribution < 1.29 is 28.5 Å². The molecule has 0 aliphatic heterocycles. The Morgan fingerprint density at radius 2 is 1.84 bits per heavy atom. The number of rotatable bonds is 11. The number of ether oxygens (including phenoxy) is 4. The Balaban J connectivity index is 3.27. The first-order valence-electron chi connectivity index (χ1n) is 7.80. The molecule has 9 heteroatoms. The molecule has 0 amide bonds. The zero-order valence-corrected chi connectivity index (χ0v) is 17.9. The number of hydrogen-bond acceptors (Lipinski definition) is 8. The molecule has 0 aromatic carbocycles. The second-order valence-corrected chi connectivity index (χ2v) is 8.13. The molecule has 1 aromatic rings. The topological polar surface area (TPSA) is 71.1 Å². The molecule has 0 spiro atoms. The standard InChI is InChI=1S/C16H23BrO6S2/c1-5-21-14(18)16(15(19)22-6-2,11(3)23-9-8-20-4)25-13-12(17)7-10-24-13/h7,10-11H,5-6,8-9H2,1-4H3. The Hall–Kier alpha value is -0.610. The second kappa shape index (κ2) is 11.2. The van der Waals surface area contributed by atoms with E-state index in [0.29, 0.717) is 6.61 Å². The molecule has 1 atom stereocenters. The highest BCUT2D eigenvalue weighted by Crippen LogP contribution is 2.45. The fraction of sp³-hybridized carbons (Fsp3) is 0.625. The van der Waals surface area contributed by atoms with Gasteiger partial charge in [0.1, 0.15) is 0 Å². The molecule has 0 N–H and O–H groups in total. The Bertz CT molecular complexity index is 545. The van der Waals surface area contributed by atoms with Crippen LogP contribution in [0.4, 0.5) is 0 Å². The van der Waals surface area contributed by atoms with Gasteiger partial charge >= 0.3 is 11.9 Å². The van der Waals surface area contributed by atoms with Crippen molar-refractivity contribution in [2.45, 2.75) is 35.8 Å². The molecule has 0 radical (unpaired) electrons. The molecule has 142 valence electrons. The van der Waals surface area contributed by atoms with Gasteiger partial charge in [-0.15, -0.1) is 11.3 Å². The SMILES string of the molecule is CCOC(=O)C(Sc1sccc1Br)(C(=O)OCC)C(C)OCCOC. The van der Waals surface area contributed by atoms with Crippen LogP contribution in [0.5, 0.6) is 0 Å². The van der Waals surface area contributed by atoms with Crippen molar-refractivity contribution in [1.29, 1.82) is 0 Å². The van der Waals surface area contributed by atoms with E-state index in [2.05, 4.69) is 15.9 Å². The van der Waals surface area contributed by atoms with E-state index >= 15 is 0 Å². The third-order valence-electron chi connectivity index (χ3n) is 3.22. The molecule has 1 unspecified atom stereocenters. The maximum atomic E-state index is 12.8. The Morgan fingerprint density at radius 1 is 1.24 bits per heavy atom. The largest absolute Gasteiger partial charge is 0.464 e. The van der Waals surface area contributed by atoms with Gasteiger partial charge in [-0.2, -0.15) is 0 Å². The summed E-state index contributed by atoms with van der Waals surface area (Å²) in [6.07, 6.45) is -0.778. The van der Waals surface area contributed by atoms with E-state index in [0.717, 1.165) is 20.4 Å². The first kappa shape index (κ1) is 22.4. The predicted octanol–water partition coefficient (Wildman–Crippen LogP) is 3.52. The summed E-state index contributed by atoms with van der Waals surface area (Å²) >= 11 is 5.93. The van der Waals surface area contributed by atoms with Gasteiger partial charge in [0.05, 0.1) is 36.7 Å². The number of hydrogen-bond donors (Lipinski definition) is 0. The number of thioether (sulfide) groups is 1. The second-order valence-electron chi connectivity index (χ2n) is 4.84. The summed E-state index contributed by atoms with van der Waals surface area (Å²) in [6, 6.07) is 1.85. The summed E-state index contributed by atoms with van der Waals surface area (Å²) < 4.78 is 21.0. The lowest BCUT2D eigenvalue weighted by atomic mass is 10.0. The van der Waals surface area contributed by atoms with E-state index in [4.69, 9.17) is 18.9 Å². The van der Waals surface area contributed by atoms with Crippen molar-refractivity contribution in [1.82, 2.24) is 0 Å². The van der Waals surface area contributed by atoms with Crippen molar-refractivity contribution in [3.05, 3.63) is 15.9 Å². The summed E-state index contributed by atoms with van der Waals surface area (Å²) in [6.45, 7) is 5.93. The van der Waals surface area contributed by atoms with Crippen molar-refractivity contribution in [3.8, 4) is 0 Å².